The van der Waals surface area contributed by atoms with Gasteiger partial charge in [-0.25, -0.2) is 9.59 Å². The van der Waals surface area contributed by atoms with E-state index in [1.807, 2.05) is 0 Å². The second-order valence-electron chi connectivity index (χ2n) is 4.25. The number of carboxylic acids is 1. The third kappa shape index (κ3) is 3.11. The average molecular weight is 286 g/mol. The quantitative estimate of drug-likeness (QED) is 0.803. The van der Waals surface area contributed by atoms with E-state index >= 15 is 0 Å². The Balaban J connectivity index is 2.62. The van der Waals surface area contributed by atoms with Gasteiger partial charge in [0, 0.05) is 0 Å². The molecule has 2 aromatic rings. The van der Waals surface area contributed by atoms with Gasteiger partial charge in [0.15, 0.2) is 0 Å². The Bertz CT molecular complexity index is 698. The fraction of sp³-hybridized carbons (Fsp3) is 0.0667. The number of aromatic carboxylic acids is 1. The maximum Gasteiger partial charge on any atom is 0.338 e. The molecular formula is C15H14N2O4. The molecule has 0 saturated heterocycles. The van der Waals surface area contributed by atoms with Crippen molar-refractivity contribution in [2.45, 2.75) is 0 Å². The van der Waals surface area contributed by atoms with Gasteiger partial charge < -0.3 is 20.9 Å². The van der Waals surface area contributed by atoms with Crippen LogP contribution >= 0.6 is 0 Å². The number of nitrogens with two attached hydrogens (primary N) is 1. The second-order valence-corrected chi connectivity index (χ2v) is 4.25. The molecule has 0 aliphatic rings. The van der Waals surface area contributed by atoms with Gasteiger partial charge in [0.05, 0.1) is 18.4 Å². The van der Waals surface area contributed by atoms with E-state index in [9.17, 15) is 14.7 Å². The molecule has 0 atom stereocenters. The number of carbonyl (C=O) groups excluding carboxylic acids is 1. The molecule has 4 N–H and O–H groups in total. The Morgan fingerprint density at radius 1 is 1.19 bits per heavy atom. The van der Waals surface area contributed by atoms with Crippen LogP contribution in [0.15, 0.2) is 42.5 Å². The Morgan fingerprint density at radius 2 is 1.90 bits per heavy atom. The number of primary amides is 1. The van der Waals surface area contributed by atoms with Crippen LogP contribution in [0.25, 0.3) is 11.1 Å². The Morgan fingerprint density at radius 3 is 2.52 bits per heavy atom. The van der Waals surface area contributed by atoms with Crippen LogP contribution < -0.4 is 15.8 Å². The number of anilines is 1. The third-order valence-corrected chi connectivity index (χ3v) is 2.92. The smallest absolute Gasteiger partial charge is 0.338 e. The lowest BCUT2D eigenvalue weighted by Crippen LogP contribution is -2.21. The zero-order valence-electron chi connectivity index (χ0n) is 11.3. The summed E-state index contributed by atoms with van der Waals surface area (Å²) in [5.74, 6) is -0.547. The number of hydrogen-bond donors (Lipinski definition) is 3. The minimum Gasteiger partial charge on any atom is -0.497 e. The highest BCUT2D eigenvalue weighted by Crippen LogP contribution is 2.31. The molecule has 2 rings (SSSR count). The van der Waals surface area contributed by atoms with E-state index in [1.165, 1.54) is 13.2 Å². The molecule has 6 heteroatoms. The van der Waals surface area contributed by atoms with Crippen LogP contribution in [0.5, 0.6) is 5.75 Å². The third-order valence-electron chi connectivity index (χ3n) is 2.92. The first-order valence-electron chi connectivity index (χ1n) is 6.10. The summed E-state index contributed by atoms with van der Waals surface area (Å²) in [6, 6.07) is 11.0. The number of ether oxygens (including phenoxy) is 1. The van der Waals surface area contributed by atoms with Gasteiger partial charge >= 0.3 is 12.0 Å². The van der Waals surface area contributed by atoms with Crippen molar-refractivity contribution in [1.82, 2.24) is 0 Å². The number of methoxy groups -OCH3 is 1. The van der Waals surface area contributed by atoms with E-state index in [1.54, 1.807) is 36.4 Å². The average Bonchev–Trinajstić information content (AvgIpc) is 2.46. The lowest BCUT2D eigenvalue weighted by atomic mass is 9.98. The highest BCUT2D eigenvalue weighted by atomic mass is 16.5. The summed E-state index contributed by atoms with van der Waals surface area (Å²) in [4.78, 5) is 22.5. The number of carboxylic acid groups (broad SMARTS) is 1. The standard InChI is InChI=1S/C15H14N2O4/c1-21-10-5-2-4-9(8-10)11-6-3-7-12(17-15(16)20)13(11)14(18)19/h2-8H,1H3,(H,18,19)(H3,16,17,20). The van der Waals surface area contributed by atoms with Crippen molar-refractivity contribution in [1.29, 1.82) is 0 Å². The molecule has 0 spiro atoms. The summed E-state index contributed by atoms with van der Waals surface area (Å²) >= 11 is 0. The fourth-order valence-corrected chi connectivity index (χ4v) is 2.05. The molecule has 0 fully saturated rings. The summed E-state index contributed by atoms with van der Waals surface area (Å²) in [6.07, 6.45) is 0. The van der Waals surface area contributed by atoms with Gasteiger partial charge in [-0.05, 0) is 29.3 Å². The van der Waals surface area contributed by atoms with Crippen molar-refractivity contribution in [3.63, 3.8) is 0 Å². The Labute approximate surface area is 121 Å². The zero-order valence-corrected chi connectivity index (χ0v) is 11.3. The first-order chi connectivity index (χ1) is 10.0. The molecular weight excluding hydrogens is 272 g/mol. The minimum absolute atomic E-state index is 0.0236. The van der Waals surface area contributed by atoms with Crippen molar-refractivity contribution >= 4 is 17.7 Å². The number of carbonyl (C=O) groups is 2. The van der Waals surface area contributed by atoms with Crippen molar-refractivity contribution in [2.24, 2.45) is 5.73 Å². The lowest BCUT2D eigenvalue weighted by Gasteiger charge is -2.12. The number of amides is 2. The van der Waals surface area contributed by atoms with Crippen LogP contribution in [0, 0.1) is 0 Å². The molecule has 0 aliphatic carbocycles. The van der Waals surface area contributed by atoms with Crippen LogP contribution in [-0.2, 0) is 0 Å². The van der Waals surface area contributed by atoms with E-state index in [-0.39, 0.29) is 11.3 Å². The molecule has 0 aliphatic heterocycles. The molecule has 2 aromatic carbocycles. The van der Waals surface area contributed by atoms with Crippen LogP contribution in [-0.4, -0.2) is 24.2 Å². The molecule has 0 aromatic heterocycles. The molecule has 6 nitrogen and oxygen atoms in total. The number of benzene rings is 2. The SMILES string of the molecule is COc1cccc(-c2cccc(NC(N)=O)c2C(=O)O)c1. The number of hydrogen-bond acceptors (Lipinski definition) is 3. The predicted molar refractivity (Wildman–Crippen MR) is 78.6 cm³/mol. The minimum atomic E-state index is -1.16. The summed E-state index contributed by atoms with van der Waals surface area (Å²) in [7, 11) is 1.53. The molecule has 108 valence electrons. The normalized spacial score (nSPS) is 9.95. The highest BCUT2D eigenvalue weighted by Gasteiger charge is 2.17. The highest BCUT2D eigenvalue weighted by molar-refractivity contribution is 6.05. The van der Waals surface area contributed by atoms with Gasteiger partial charge in [-0.1, -0.05) is 24.3 Å². The summed E-state index contributed by atoms with van der Waals surface area (Å²) in [5, 5.41) is 11.7. The topological polar surface area (TPSA) is 102 Å². The Hall–Kier alpha value is -3.02. The maximum atomic E-state index is 11.5. The molecule has 0 bridgehead atoms. The second kappa shape index (κ2) is 5.96. The van der Waals surface area contributed by atoms with Gasteiger partial charge in [0.1, 0.15) is 5.75 Å². The summed E-state index contributed by atoms with van der Waals surface area (Å²) in [6.45, 7) is 0. The van der Waals surface area contributed by atoms with Crippen LogP contribution in [0.2, 0.25) is 0 Å². The molecule has 0 radical (unpaired) electrons. The summed E-state index contributed by atoms with van der Waals surface area (Å²) in [5.41, 5.74) is 6.32. The fourth-order valence-electron chi connectivity index (χ4n) is 2.05. The first kappa shape index (κ1) is 14.4. The monoisotopic (exact) mass is 286 g/mol. The van der Waals surface area contributed by atoms with Crippen LogP contribution in [0.3, 0.4) is 0 Å². The van der Waals surface area contributed by atoms with Crippen molar-refractivity contribution < 1.29 is 19.4 Å². The largest absolute Gasteiger partial charge is 0.497 e. The van der Waals surface area contributed by atoms with Gasteiger partial charge in [0.2, 0.25) is 0 Å². The molecule has 0 saturated carbocycles. The molecule has 0 unspecified atom stereocenters. The number of urea groups is 1. The van der Waals surface area contributed by atoms with Gasteiger partial charge in [-0.15, -0.1) is 0 Å². The van der Waals surface area contributed by atoms with E-state index in [2.05, 4.69) is 5.32 Å². The van der Waals surface area contributed by atoms with Gasteiger partial charge in [-0.3, -0.25) is 0 Å². The van der Waals surface area contributed by atoms with Crippen LogP contribution in [0.1, 0.15) is 10.4 Å². The van der Waals surface area contributed by atoms with E-state index in [0.717, 1.165) is 0 Å². The molecule has 21 heavy (non-hydrogen) atoms. The molecule has 0 heterocycles. The number of nitrogens with one attached hydrogen (secondary N) is 1. The predicted octanol–water partition coefficient (Wildman–Crippen LogP) is 2.55. The van der Waals surface area contributed by atoms with Crippen molar-refractivity contribution in [2.75, 3.05) is 12.4 Å². The van der Waals surface area contributed by atoms with Crippen molar-refractivity contribution in [3.05, 3.63) is 48.0 Å². The van der Waals surface area contributed by atoms with Gasteiger partial charge in [0.25, 0.3) is 0 Å². The maximum absolute atomic E-state index is 11.5. The summed E-state index contributed by atoms with van der Waals surface area (Å²) < 4.78 is 5.13. The zero-order chi connectivity index (χ0) is 15.4. The number of rotatable bonds is 4. The molecule has 2 amide bonds. The Kier molecular flexibility index (Phi) is 4.08. The lowest BCUT2D eigenvalue weighted by molar-refractivity contribution is 0.0699. The van der Waals surface area contributed by atoms with E-state index < -0.39 is 12.0 Å². The van der Waals surface area contributed by atoms with Crippen LogP contribution in [0.4, 0.5) is 10.5 Å². The van der Waals surface area contributed by atoms with Gasteiger partial charge in [-0.2, -0.15) is 0 Å². The van der Waals surface area contributed by atoms with E-state index in [4.69, 9.17) is 10.5 Å². The van der Waals surface area contributed by atoms with E-state index in [0.29, 0.717) is 16.9 Å². The first-order valence-corrected chi connectivity index (χ1v) is 6.10. The van der Waals surface area contributed by atoms with Crippen molar-refractivity contribution in [3.8, 4) is 16.9 Å².